The lowest BCUT2D eigenvalue weighted by atomic mass is 10.1. The van der Waals surface area contributed by atoms with Crippen molar-refractivity contribution >= 4 is 11.6 Å². The summed E-state index contributed by atoms with van der Waals surface area (Å²) in [5, 5.41) is 6.51. The number of carbonyl (C=O) groups is 1. The molecule has 110 valence electrons. The van der Waals surface area contributed by atoms with Crippen LogP contribution in [0.25, 0.3) is 11.5 Å². The second-order valence-corrected chi connectivity index (χ2v) is 4.65. The largest absolute Gasteiger partial charge is 0.334 e. The van der Waals surface area contributed by atoms with Gasteiger partial charge in [-0.05, 0) is 43.3 Å². The van der Waals surface area contributed by atoms with Crippen LogP contribution in [-0.4, -0.2) is 16.0 Å². The third kappa shape index (κ3) is 2.85. The van der Waals surface area contributed by atoms with Gasteiger partial charge in [-0.1, -0.05) is 17.3 Å². The predicted octanol–water partition coefficient (Wildman–Crippen LogP) is 3.44. The second kappa shape index (κ2) is 5.77. The van der Waals surface area contributed by atoms with E-state index in [1.54, 1.807) is 25.1 Å². The van der Waals surface area contributed by atoms with Crippen LogP contribution in [0.4, 0.5) is 10.1 Å². The zero-order chi connectivity index (χ0) is 15.5. The number of rotatable bonds is 3. The maximum atomic E-state index is 12.9. The summed E-state index contributed by atoms with van der Waals surface area (Å²) in [5.41, 5.74) is 1.52. The first kappa shape index (κ1) is 13.9. The molecule has 0 saturated carbocycles. The number of halogens is 1. The van der Waals surface area contributed by atoms with Crippen LogP contribution in [0.2, 0.25) is 0 Å². The van der Waals surface area contributed by atoms with Gasteiger partial charge in [0.1, 0.15) is 5.82 Å². The molecule has 3 aromatic rings. The molecule has 22 heavy (non-hydrogen) atoms. The van der Waals surface area contributed by atoms with Gasteiger partial charge in [0.05, 0.1) is 11.3 Å². The van der Waals surface area contributed by atoms with E-state index in [2.05, 4.69) is 15.5 Å². The van der Waals surface area contributed by atoms with Crippen molar-refractivity contribution in [1.82, 2.24) is 10.1 Å². The van der Waals surface area contributed by atoms with E-state index in [1.165, 1.54) is 24.3 Å². The van der Waals surface area contributed by atoms with Gasteiger partial charge < -0.3 is 9.84 Å². The van der Waals surface area contributed by atoms with E-state index in [-0.39, 0.29) is 5.91 Å². The van der Waals surface area contributed by atoms with Crippen LogP contribution >= 0.6 is 0 Å². The highest BCUT2D eigenvalue weighted by molar-refractivity contribution is 6.05. The molecule has 3 rings (SSSR count). The normalized spacial score (nSPS) is 10.5. The summed E-state index contributed by atoms with van der Waals surface area (Å²) in [6.45, 7) is 1.71. The maximum absolute atomic E-state index is 12.9. The topological polar surface area (TPSA) is 68.0 Å². The van der Waals surface area contributed by atoms with Crippen molar-refractivity contribution in [3.8, 4) is 11.5 Å². The Bertz CT molecular complexity index is 812. The lowest BCUT2D eigenvalue weighted by molar-refractivity contribution is 0.102. The van der Waals surface area contributed by atoms with E-state index in [9.17, 15) is 9.18 Å². The number of hydrogen-bond acceptors (Lipinski definition) is 4. The number of nitrogens with zero attached hydrogens (tertiary/aromatic N) is 2. The molecule has 0 fully saturated rings. The van der Waals surface area contributed by atoms with Gasteiger partial charge in [0, 0.05) is 5.56 Å². The van der Waals surface area contributed by atoms with Crippen LogP contribution in [-0.2, 0) is 0 Å². The van der Waals surface area contributed by atoms with Crippen molar-refractivity contribution in [3.05, 3.63) is 65.7 Å². The number of carbonyl (C=O) groups excluding carboxylic acids is 1. The number of nitrogens with one attached hydrogen (secondary N) is 1. The fraction of sp³-hybridized carbons (Fsp3) is 0.0625. The minimum Gasteiger partial charge on any atom is -0.334 e. The Balaban J connectivity index is 1.89. The van der Waals surface area contributed by atoms with E-state index in [1.807, 2.05) is 6.07 Å². The van der Waals surface area contributed by atoms with Crippen molar-refractivity contribution < 1.29 is 13.7 Å². The molecular formula is C16H12FN3O2. The molecule has 0 bridgehead atoms. The first-order valence-electron chi connectivity index (χ1n) is 6.60. The lowest BCUT2D eigenvalue weighted by Crippen LogP contribution is -2.12. The average Bonchev–Trinajstić information content (AvgIpc) is 2.95. The number of aromatic nitrogens is 2. The highest BCUT2D eigenvalue weighted by Crippen LogP contribution is 2.26. The van der Waals surface area contributed by atoms with Gasteiger partial charge in [0.25, 0.3) is 11.8 Å². The smallest absolute Gasteiger partial charge is 0.260 e. The van der Waals surface area contributed by atoms with Crippen LogP contribution in [0, 0.1) is 12.7 Å². The molecule has 0 aliphatic heterocycles. The standard InChI is InChI=1S/C16H12FN3O2/c1-10-18-16(22-20-10)13-4-2-3-5-14(13)19-15(21)11-6-8-12(17)9-7-11/h2-9H,1H3,(H,19,21). The molecule has 1 aromatic heterocycles. The third-order valence-electron chi connectivity index (χ3n) is 3.04. The number of anilines is 1. The number of aryl methyl sites for hydroxylation is 1. The van der Waals surface area contributed by atoms with E-state index < -0.39 is 5.82 Å². The zero-order valence-corrected chi connectivity index (χ0v) is 11.7. The summed E-state index contributed by atoms with van der Waals surface area (Å²) in [7, 11) is 0. The number of para-hydroxylation sites is 1. The van der Waals surface area contributed by atoms with Crippen LogP contribution in [0.3, 0.4) is 0 Å². The Hall–Kier alpha value is -3.02. The summed E-state index contributed by atoms with van der Waals surface area (Å²) in [4.78, 5) is 16.4. The maximum Gasteiger partial charge on any atom is 0.260 e. The summed E-state index contributed by atoms with van der Waals surface area (Å²) >= 11 is 0. The summed E-state index contributed by atoms with van der Waals surface area (Å²) in [6.07, 6.45) is 0. The Morgan fingerprint density at radius 2 is 1.86 bits per heavy atom. The predicted molar refractivity (Wildman–Crippen MR) is 78.8 cm³/mol. The van der Waals surface area contributed by atoms with Crippen LogP contribution in [0.15, 0.2) is 53.1 Å². The minimum absolute atomic E-state index is 0.326. The first-order chi connectivity index (χ1) is 10.6. The van der Waals surface area contributed by atoms with Gasteiger partial charge in [-0.3, -0.25) is 4.79 Å². The van der Waals surface area contributed by atoms with E-state index in [0.29, 0.717) is 28.5 Å². The Labute approximate surface area is 125 Å². The molecule has 0 radical (unpaired) electrons. The quantitative estimate of drug-likeness (QED) is 0.804. The molecule has 0 aliphatic rings. The van der Waals surface area contributed by atoms with Crippen molar-refractivity contribution in [2.75, 3.05) is 5.32 Å². The van der Waals surface area contributed by atoms with Gasteiger partial charge in [0.15, 0.2) is 5.82 Å². The molecule has 0 saturated heterocycles. The Kier molecular flexibility index (Phi) is 3.65. The fourth-order valence-electron chi connectivity index (χ4n) is 1.98. The molecular weight excluding hydrogens is 285 g/mol. The third-order valence-corrected chi connectivity index (χ3v) is 3.04. The highest BCUT2D eigenvalue weighted by atomic mass is 19.1. The molecule has 1 heterocycles. The molecule has 0 unspecified atom stereocenters. The summed E-state index contributed by atoms with van der Waals surface area (Å²) < 4.78 is 18.0. The average molecular weight is 297 g/mol. The fourth-order valence-corrected chi connectivity index (χ4v) is 1.98. The van der Waals surface area contributed by atoms with Crippen molar-refractivity contribution in [1.29, 1.82) is 0 Å². The molecule has 0 atom stereocenters. The highest BCUT2D eigenvalue weighted by Gasteiger charge is 2.14. The van der Waals surface area contributed by atoms with E-state index in [0.717, 1.165) is 0 Å². The van der Waals surface area contributed by atoms with Crippen molar-refractivity contribution in [2.45, 2.75) is 6.92 Å². The van der Waals surface area contributed by atoms with Crippen LogP contribution in [0.1, 0.15) is 16.2 Å². The molecule has 0 aliphatic carbocycles. The van der Waals surface area contributed by atoms with Gasteiger partial charge in [-0.15, -0.1) is 0 Å². The Morgan fingerprint density at radius 1 is 1.14 bits per heavy atom. The minimum atomic E-state index is -0.390. The van der Waals surface area contributed by atoms with Crippen LogP contribution in [0.5, 0.6) is 0 Å². The van der Waals surface area contributed by atoms with Gasteiger partial charge in [-0.2, -0.15) is 4.98 Å². The molecule has 6 heteroatoms. The van der Waals surface area contributed by atoms with Crippen molar-refractivity contribution in [3.63, 3.8) is 0 Å². The molecule has 2 aromatic carbocycles. The lowest BCUT2D eigenvalue weighted by Gasteiger charge is -2.08. The van der Waals surface area contributed by atoms with Crippen molar-refractivity contribution in [2.24, 2.45) is 0 Å². The molecule has 0 spiro atoms. The first-order valence-corrected chi connectivity index (χ1v) is 6.60. The second-order valence-electron chi connectivity index (χ2n) is 4.65. The number of hydrogen-bond donors (Lipinski definition) is 1. The van der Waals surface area contributed by atoms with Crippen LogP contribution < -0.4 is 5.32 Å². The van der Waals surface area contributed by atoms with E-state index >= 15 is 0 Å². The van der Waals surface area contributed by atoms with Gasteiger partial charge in [-0.25, -0.2) is 4.39 Å². The molecule has 1 N–H and O–H groups in total. The number of amides is 1. The van der Waals surface area contributed by atoms with E-state index in [4.69, 9.17) is 4.52 Å². The summed E-state index contributed by atoms with van der Waals surface area (Å²) in [6, 6.07) is 12.4. The van der Waals surface area contributed by atoms with Gasteiger partial charge in [0.2, 0.25) is 0 Å². The summed E-state index contributed by atoms with van der Waals surface area (Å²) in [5.74, 6) is 0.101. The molecule has 1 amide bonds. The number of benzene rings is 2. The molecule has 5 nitrogen and oxygen atoms in total. The van der Waals surface area contributed by atoms with Gasteiger partial charge >= 0.3 is 0 Å². The zero-order valence-electron chi connectivity index (χ0n) is 11.7. The monoisotopic (exact) mass is 297 g/mol. The Morgan fingerprint density at radius 3 is 2.55 bits per heavy atom. The SMILES string of the molecule is Cc1noc(-c2ccccc2NC(=O)c2ccc(F)cc2)n1.